The summed E-state index contributed by atoms with van der Waals surface area (Å²) in [5.41, 5.74) is 0. The fraction of sp³-hybridized carbons (Fsp3) is 0.667. The quantitative estimate of drug-likeness (QED) is 0.666. The third kappa shape index (κ3) is 5.65. The molecule has 0 radical (unpaired) electrons. The summed E-state index contributed by atoms with van der Waals surface area (Å²) in [6, 6.07) is 2.09. The van der Waals surface area contributed by atoms with Gasteiger partial charge in [0, 0.05) is 39.3 Å². The van der Waals surface area contributed by atoms with Gasteiger partial charge in [0.15, 0.2) is 0 Å². The molecule has 1 saturated heterocycles. The number of ether oxygens (including phenoxy) is 1. The van der Waals surface area contributed by atoms with Crippen LogP contribution in [0.4, 0.5) is 5.82 Å². The molecule has 1 N–H and O–H groups in total. The molecule has 7 nitrogen and oxygen atoms in total. The predicted octanol–water partition coefficient (Wildman–Crippen LogP) is 2.67. The van der Waals surface area contributed by atoms with Crippen molar-refractivity contribution in [2.75, 3.05) is 50.8 Å². The van der Waals surface area contributed by atoms with Crippen molar-refractivity contribution in [2.45, 2.75) is 44.6 Å². The number of amides is 1. The summed E-state index contributed by atoms with van der Waals surface area (Å²) >= 11 is 1.64. The molecule has 1 aliphatic carbocycles. The van der Waals surface area contributed by atoms with Crippen molar-refractivity contribution in [3.8, 4) is 0 Å². The van der Waals surface area contributed by atoms with Gasteiger partial charge >= 0.3 is 0 Å². The lowest BCUT2D eigenvalue weighted by atomic mass is 9.98. The molecule has 3 heterocycles. The van der Waals surface area contributed by atoms with E-state index in [9.17, 15) is 4.79 Å². The summed E-state index contributed by atoms with van der Waals surface area (Å²) in [6.45, 7) is 5.41. The predicted molar refractivity (Wildman–Crippen MR) is 117 cm³/mol. The van der Waals surface area contributed by atoms with Crippen molar-refractivity contribution in [3.05, 3.63) is 17.8 Å². The highest BCUT2D eigenvalue weighted by Gasteiger charge is 2.21. The molecule has 2 aromatic rings. The number of hydrogen-bond donors (Lipinski definition) is 1. The normalized spacial score (nSPS) is 19.0. The minimum absolute atomic E-state index is 0.110. The minimum Gasteiger partial charge on any atom is -0.378 e. The monoisotopic (exact) mass is 417 g/mol. The molecule has 2 aromatic heterocycles. The summed E-state index contributed by atoms with van der Waals surface area (Å²) in [5.74, 6) is 1.12. The molecular formula is C21H31N5O2S. The summed E-state index contributed by atoms with van der Waals surface area (Å²) in [6.07, 6.45) is 9.32. The molecule has 1 amide bonds. The highest BCUT2D eigenvalue weighted by Crippen LogP contribution is 2.27. The average Bonchev–Trinajstić information content (AvgIpc) is 3.24. The number of hydrogen-bond acceptors (Lipinski definition) is 7. The molecule has 8 heteroatoms. The van der Waals surface area contributed by atoms with Gasteiger partial charge in [-0.2, -0.15) is 0 Å². The number of anilines is 1. The van der Waals surface area contributed by atoms with Gasteiger partial charge < -0.3 is 15.0 Å². The van der Waals surface area contributed by atoms with E-state index in [-0.39, 0.29) is 5.91 Å². The number of aromatic nitrogens is 2. The van der Waals surface area contributed by atoms with E-state index in [1.807, 2.05) is 0 Å². The number of rotatable bonds is 8. The maximum atomic E-state index is 12.2. The highest BCUT2D eigenvalue weighted by atomic mass is 32.1. The van der Waals surface area contributed by atoms with Crippen LogP contribution in [0.25, 0.3) is 10.2 Å². The molecule has 0 atom stereocenters. The van der Waals surface area contributed by atoms with E-state index in [1.165, 1.54) is 32.1 Å². The van der Waals surface area contributed by atoms with E-state index in [0.29, 0.717) is 19.2 Å². The standard InChI is InChI=1S/C21H31N5O2S/c27-19(22-8-4-13-28-17-5-2-1-3-6-17)15-25-9-11-26(12-10-25)20-18-7-14-29-21(18)24-16-23-20/h7,14,16-17H,1-6,8-13,15H2,(H,22,27). The van der Waals surface area contributed by atoms with Crippen molar-refractivity contribution in [2.24, 2.45) is 0 Å². The molecule has 4 rings (SSSR count). The van der Waals surface area contributed by atoms with E-state index in [1.54, 1.807) is 17.7 Å². The first-order chi connectivity index (χ1) is 14.3. The van der Waals surface area contributed by atoms with Crippen molar-refractivity contribution in [3.63, 3.8) is 0 Å². The average molecular weight is 418 g/mol. The van der Waals surface area contributed by atoms with Gasteiger partial charge in [0.1, 0.15) is 17.0 Å². The van der Waals surface area contributed by atoms with Crippen molar-refractivity contribution >= 4 is 33.3 Å². The van der Waals surface area contributed by atoms with Crippen LogP contribution >= 0.6 is 11.3 Å². The Labute approximate surface area is 176 Å². The van der Waals surface area contributed by atoms with Crippen LogP contribution < -0.4 is 10.2 Å². The topological polar surface area (TPSA) is 70.6 Å². The van der Waals surface area contributed by atoms with Crippen LogP contribution in [-0.4, -0.2) is 72.8 Å². The Morgan fingerprint density at radius 3 is 2.83 bits per heavy atom. The second-order valence-electron chi connectivity index (χ2n) is 7.93. The lowest BCUT2D eigenvalue weighted by Crippen LogP contribution is -2.49. The van der Waals surface area contributed by atoms with Crippen molar-refractivity contribution < 1.29 is 9.53 Å². The van der Waals surface area contributed by atoms with Crippen LogP contribution in [0.5, 0.6) is 0 Å². The maximum absolute atomic E-state index is 12.2. The van der Waals surface area contributed by atoms with Crippen molar-refractivity contribution in [1.82, 2.24) is 20.2 Å². The molecule has 0 unspecified atom stereocenters. The first-order valence-electron chi connectivity index (χ1n) is 10.8. The Balaban J connectivity index is 1.12. The number of carbonyl (C=O) groups excluding carboxylic acids is 1. The third-order valence-corrected chi connectivity index (χ3v) is 6.65. The molecule has 158 valence electrons. The van der Waals surface area contributed by atoms with E-state index in [2.05, 4.69) is 36.5 Å². The molecule has 2 fully saturated rings. The van der Waals surface area contributed by atoms with E-state index in [4.69, 9.17) is 4.74 Å². The zero-order chi connectivity index (χ0) is 19.9. The van der Waals surface area contributed by atoms with E-state index in [0.717, 1.165) is 55.2 Å². The second-order valence-corrected chi connectivity index (χ2v) is 8.83. The fourth-order valence-electron chi connectivity index (χ4n) is 4.19. The number of thiophene rings is 1. The minimum atomic E-state index is 0.110. The lowest BCUT2D eigenvalue weighted by molar-refractivity contribution is -0.122. The van der Waals surface area contributed by atoms with Gasteiger partial charge in [-0.25, -0.2) is 9.97 Å². The first-order valence-corrected chi connectivity index (χ1v) is 11.7. The van der Waals surface area contributed by atoms with Crippen LogP contribution in [0.3, 0.4) is 0 Å². The third-order valence-electron chi connectivity index (χ3n) is 5.83. The molecule has 0 spiro atoms. The van der Waals surface area contributed by atoms with Crippen molar-refractivity contribution in [1.29, 1.82) is 0 Å². The van der Waals surface area contributed by atoms with Crippen LogP contribution in [0.15, 0.2) is 17.8 Å². The number of fused-ring (bicyclic) bond motifs is 1. The molecule has 2 aliphatic rings. The Bertz CT molecular complexity index is 784. The van der Waals surface area contributed by atoms with Crippen LogP contribution in [0.1, 0.15) is 38.5 Å². The number of nitrogens with zero attached hydrogens (tertiary/aromatic N) is 4. The smallest absolute Gasteiger partial charge is 0.234 e. The number of carbonyl (C=O) groups is 1. The molecule has 0 bridgehead atoms. The molecule has 1 aliphatic heterocycles. The van der Waals surface area contributed by atoms with Crippen LogP contribution in [0, 0.1) is 0 Å². The number of nitrogens with one attached hydrogen (secondary N) is 1. The van der Waals surface area contributed by atoms with Gasteiger partial charge in [-0.05, 0) is 30.7 Å². The number of piperazine rings is 1. The Hall–Kier alpha value is -1.77. The van der Waals surface area contributed by atoms with E-state index >= 15 is 0 Å². The Morgan fingerprint density at radius 2 is 2.00 bits per heavy atom. The van der Waals surface area contributed by atoms with Gasteiger partial charge in [-0.15, -0.1) is 11.3 Å². The largest absolute Gasteiger partial charge is 0.378 e. The molecule has 29 heavy (non-hydrogen) atoms. The Morgan fingerprint density at radius 1 is 1.17 bits per heavy atom. The van der Waals surface area contributed by atoms with Gasteiger partial charge in [-0.3, -0.25) is 9.69 Å². The van der Waals surface area contributed by atoms with Crippen LogP contribution in [-0.2, 0) is 9.53 Å². The zero-order valence-corrected chi connectivity index (χ0v) is 17.8. The SMILES string of the molecule is O=C(CN1CCN(c2ncnc3sccc23)CC1)NCCCOC1CCCCC1. The molecule has 0 aromatic carbocycles. The highest BCUT2D eigenvalue weighted by molar-refractivity contribution is 7.16. The fourth-order valence-corrected chi connectivity index (χ4v) is 4.91. The summed E-state index contributed by atoms with van der Waals surface area (Å²) in [5, 5.41) is 6.22. The first kappa shape index (κ1) is 20.5. The van der Waals surface area contributed by atoms with Gasteiger partial charge in [-0.1, -0.05) is 19.3 Å². The second kappa shape index (κ2) is 10.3. The molecular weight excluding hydrogens is 386 g/mol. The summed E-state index contributed by atoms with van der Waals surface area (Å²) < 4.78 is 5.92. The summed E-state index contributed by atoms with van der Waals surface area (Å²) in [7, 11) is 0. The maximum Gasteiger partial charge on any atom is 0.234 e. The molecule has 1 saturated carbocycles. The zero-order valence-electron chi connectivity index (χ0n) is 17.0. The summed E-state index contributed by atoms with van der Waals surface area (Å²) in [4.78, 5) is 26.6. The van der Waals surface area contributed by atoms with Crippen LogP contribution in [0.2, 0.25) is 0 Å². The van der Waals surface area contributed by atoms with Gasteiger partial charge in [0.05, 0.1) is 18.0 Å². The van der Waals surface area contributed by atoms with E-state index < -0.39 is 0 Å². The lowest BCUT2D eigenvalue weighted by Gasteiger charge is -2.35. The Kier molecular flexibility index (Phi) is 7.29. The van der Waals surface area contributed by atoms with Gasteiger partial charge in [0.25, 0.3) is 0 Å². The van der Waals surface area contributed by atoms with Gasteiger partial charge in [0.2, 0.25) is 5.91 Å².